The van der Waals surface area contributed by atoms with Crippen LogP contribution in [-0.4, -0.2) is 34.1 Å². The Bertz CT molecular complexity index is 1310. The summed E-state index contributed by atoms with van der Waals surface area (Å²) in [6, 6.07) is 19.8. The Labute approximate surface area is 217 Å². The van der Waals surface area contributed by atoms with Crippen LogP contribution in [-0.2, 0) is 11.4 Å². The van der Waals surface area contributed by atoms with Crippen molar-refractivity contribution in [3.05, 3.63) is 97.3 Å². The second kappa shape index (κ2) is 10.6. The lowest BCUT2D eigenvalue weighted by atomic mass is 10.2. The molecule has 34 heavy (non-hydrogen) atoms. The monoisotopic (exact) mass is 600 g/mol. The molecule has 9 heteroatoms. The summed E-state index contributed by atoms with van der Waals surface area (Å²) in [6.45, 7) is 0.443. The van der Waals surface area contributed by atoms with E-state index in [0.29, 0.717) is 28.1 Å². The zero-order valence-electron chi connectivity index (χ0n) is 17.9. The van der Waals surface area contributed by atoms with Gasteiger partial charge in [-0.15, -0.1) is 0 Å². The van der Waals surface area contributed by atoms with Crippen LogP contribution in [0.1, 0.15) is 21.5 Å². The Morgan fingerprint density at radius 3 is 2.44 bits per heavy atom. The van der Waals surface area contributed by atoms with Gasteiger partial charge in [0.05, 0.1) is 20.6 Å². The molecule has 3 aromatic carbocycles. The highest BCUT2D eigenvalue weighted by Gasteiger charge is 2.30. The SMILES string of the molecule is CN1C(=O)/C(=C/c2ccc(OCc3ccc(Br)cc3)c(Br)c2)SC1=Nc1ccc(C(=O)O)cc1. The van der Waals surface area contributed by atoms with Gasteiger partial charge in [0.1, 0.15) is 12.4 Å². The van der Waals surface area contributed by atoms with Crippen LogP contribution in [0.15, 0.2) is 85.6 Å². The third kappa shape index (κ3) is 5.78. The highest BCUT2D eigenvalue weighted by molar-refractivity contribution is 9.10. The van der Waals surface area contributed by atoms with Crippen LogP contribution in [0.25, 0.3) is 6.08 Å². The number of aromatic carboxylic acids is 1. The topological polar surface area (TPSA) is 79.2 Å². The molecular weight excluding hydrogens is 584 g/mol. The van der Waals surface area contributed by atoms with E-state index in [1.54, 1.807) is 19.2 Å². The summed E-state index contributed by atoms with van der Waals surface area (Å²) in [6.07, 6.45) is 1.81. The van der Waals surface area contributed by atoms with E-state index < -0.39 is 5.97 Å². The average molecular weight is 602 g/mol. The van der Waals surface area contributed by atoms with Gasteiger partial charge in [-0.25, -0.2) is 9.79 Å². The van der Waals surface area contributed by atoms with Gasteiger partial charge in [-0.05, 0) is 93.4 Å². The first-order chi connectivity index (χ1) is 16.3. The van der Waals surface area contributed by atoms with E-state index in [9.17, 15) is 9.59 Å². The molecule has 4 rings (SSSR count). The zero-order valence-corrected chi connectivity index (χ0v) is 21.9. The Morgan fingerprint density at radius 2 is 1.79 bits per heavy atom. The van der Waals surface area contributed by atoms with Gasteiger partial charge in [0.2, 0.25) is 0 Å². The van der Waals surface area contributed by atoms with Crippen LogP contribution >= 0.6 is 43.6 Å². The maximum atomic E-state index is 12.7. The summed E-state index contributed by atoms with van der Waals surface area (Å²) in [7, 11) is 1.66. The first-order valence-electron chi connectivity index (χ1n) is 10.1. The summed E-state index contributed by atoms with van der Waals surface area (Å²) in [5.41, 5.74) is 2.66. The Kier molecular flexibility index (Phi) is 7.55. The summed E-state index contributed by atoms with van der Waals surface area (Å²) in [4.78, 5) is 30.3. The number of carboxylic acids is 1. The number of rotatable bonds is 6. The van der Waals surface area contributed by atoms with Crippen molar-refractivity contribution in [1.82, 2.24) is 4.90 Å². The number of hydrogen-bond acceptors (Lipinski definition) is 5. The number of thioether (sulfide) groups is 1. The summed E-state index contributed by atoms with van der Waals surface area (Å²) in [5, 5.41) is 9.55. The fourth-order valence-electron chi connectivity index (χ4n) is 3.06. The largest absolute Gasteiger partial charge is 0.488 e. The molecule has 0 atom stereocenters. The summed E-state index contributed by atoms with van der Waals surface area (Å²) < 4.78 is 7.72. The molecule has 0 unspecified atom stereocenters. The molecule has 1 heterocycles. The molecule has 1 fully saturated rings. The van der Waals surface area contributed by atoms with Crippen LogP contribution in [0.4, 0.5) is 5.69 Å². The van der Waals surface area contributed by atoms with Gasteiger partial charge in [0.15, 0.2) is 5.17 Å². The van der Waals surface area contributed by atoms with E-state index >= 15 is 0 Å². The van der Waals surface area contributed by atoms with Gasteiger partial charge in [-0.3, -0.25) is 9.69 Å². The van der Waals surface area contributed by atoms with Crippen molar-refractivity contribution in [1.29, 1.82) is 0 Å². The van der Waals surface area contributed by atoms with Crippen LogP contribution < -0.4 is 4.74 Å². The van der Waals surface area contributed by atoms with Gasteiger partial charge in [0, 0.05) is 11.5 Å². The maximum Gasteiger partial charge on any atom is 0.335 e. The van der Waals surface area contributed by atoms with Crippen molar-refractivity contribution in [3.8, 4) is 5.75 Å². The molecule has 3 aromatic rings. The fourth-order valence-corrected chi connectivity index (χ4v) is 4.82. The number of nitrogens with zero attached hydrogens (tertiary/aromatic N) is 2. The average Bonchev–Trinajstić information content (AvgIpc) is 3.07. The molecule has 1 aliphatic rings. The first kappa shape index (κ1) is 24.3. The normalized spacial score (nSPS) is 15.9. The highest BCUT2D eigenvalue weighted by Crippen LogP contribution is 2.34. The van der Waals surface area contributed by atoms with Crippen LogP contribution in [0.5, 0.6) is 5.75 Å². The number of halogens is 2. The number of carbonyl (C=O) groups excluding carboxylic acids is 1. The van der Waals surface area contributed by atoms with Crippen molar-refractivity contribution in [2.45, 2.75) is 6.61 Å². The fraction of sp³-hybridized carbons (Fsp3) is 0.0800. The Balaban J connectivity index is 1.47. The predicted octanol–water partition coefficient (Wildman–Crippen LogP) is 6.72. The van der Waals surface area contributed by atoms with Crippen LogP contribution in [0.2, 0.25) is 0 Å². The molecule has 1 amide bonds. The smallest absolute Gasteiger partial charge is 0.335 e. The Morgan fingerprint density at radius 1 is 1.09 bits per heavy atom. The highest BCUT2D eigenvalue weighted by atomic mass is 79.9. The molecule has 0 aliphatic carbocycles. The zero-order chi connectivity index (χ0) is 24.2. The quantitative estimate of drug-likeness (QED) is 0.317. The molecule has 0 aromatic heterocycles. The molecule has 0 spiro atoms. The molecule has 1 N–H and O–H groups in total. The standard InChI is InChI=1S/C25H18Br2N2O4S/c1-29-23(30)22(34-25(29)28-19-9-5-17(6-10-19)24(31)32)13-16-4-11-21(20(27)12-16)33-14-15-2-7-18(26)8-3-15/h2-13H,14H2,1H3,(H,31,32)/b22-13-,28-25?. The third-order valence-corrected chi connectivity index (χ3v) is 7.11. The summed E-state index contributed by atoms with van der Waals surface area (Å²) in [5.74, 6) is -0.444. The number of benzene rings is 3. The van der Waals surface area contributed by atoms with Gasteiger partial charge in [0.25, 0.3) is 5.91 Å². The molecule has 1 saturated heterocycles. The number of carbonyl (C=O) groups is 2. The number of aliphatic imine (C=N–C) groups is 1. The van der Waals surface area contributed by atoms with Gasteiger partial charge in [-0.2, -0.15) is 0 Å². The van der Waals surface area contributed by atoms with Crippen LogP contribution in [0.3, 0.4) is 0 Å². The van der Waals surface area contributed by atoms with Gasteiger partial charge in [-0.1, -0.05) is 34.1 Å². The lowest BCUT2D eigenvalue weighted by Crippen LogP contribution is -2.23. The minimum absolute atomic E-state index is 0.155. The first-order valence-corrected chi connectivity index (χ1v) is 12.5. The van der Waals surface area contributed by atoms with E-state index in [2.05, 4.69) is 36.9 Å². The number of likely N-dealkylation sites (N-methyl/N-ethyl adjacent to an activating group) is 1. The molecule has 0 bridgehead atoms. The van der Waals surface area contributed by atoms with Crippen molar-refractivity contribution >= 4 is 72.4 Å². The van der Waals surface area contributed by atoms with Gasteiger partial charge >= 0.3 is 5.97 Å². The van der Waals surface area contributed by atoms with Crippen molar-refractivity contribution in [2.75, 3.05) is 7.05 Å². The molecular formula is C25H18Br2N2O4S. The molecule has 0 saturated carbocycles. The molecule has 172 valence electrons. The predicted molar refractivity (Wildman–Crippen MR) is 141 cm³/mol. The summed E-state index contributed by atoms with van der Waals surface area (Å²) >= 11 is 8.24. The molecule has 0 radical (unpaired) electrons. The Hall–Kier alpha value is -2.88. The van der Waals surface area contributed by atoms with E-state index in [4.69, 9.17) is 9.84 Å². The second-order valence-corrected chi connectivity index (χ2v) is 10.1. The molecule has 1 aliphatic heterocycles. The lowest BCUT2D eigenvalue weighted by Gasteiger charge is -2.09. The van der Waals surface area contributed by atoms with Crippen molar-refractivity contribution in [3.63, 3.8) is 0 Å². The van der Waals surface area contributed by atoms with Crippen LogP contribution in [0, 0.1) is 0 Å². The second-order valence-electron chi connectivity index (χ2n) is 7.33. The minimum atomic E-state index is -0.997. The number of hydrogen-bond donors (Lipinski definition) is 1. The van der Waals surface area contributed by atoms with E-state index in [0.717, 1.165) is 20.1 Å². The van der Waals surface area contributed by atoms with Crippen molar-refractivity contribution in [2.24, 2.45) is 4.99 Å². The number of amidine groups is 1. The molecule has 6 nitrogen and oxygen atoms in total. The number of carboxylic acid groups (broad SMARTS) is 1. The van der Waals surface area contributed by atoms with E-state index in [1.165, 1.54) is 28.8 Å². The number of amides is 1. The van der Waals surface area contributed by atoms with Crippen molar-refractivity contribution < 1.29 is 19.4 Å². The van der Waals surface area contributed by atoms with Gasteiger partial charge < -0.3 is 9.84 Å². The lowest BCUT2D eigenvalue weighted by molar-refractivity contribution is -0.121. The van der Waals surface area contributed by atoms with E-state index in [-0.39, 0.29) is 11.5 Å². The van der Waals surface area contributed by atoms with E-state index in [1.807, 2.05) is 48.5 Å². The maximum absolute atomic E-state index is 12.7. The minimum Gasteiger partial charge on any atom is -0.488 e. The number of ether oxygens (including phenoxy) is 1. The third-order valence-electron chi connectivity index (χ3n) is 4.90.